The van der Waals surface area contributed by atoms with Crippen LogP contribution in [0.1, 0.15) is 15.9 Å². The number of aromatic nitrogens is 1. The van der Waals surface area contributed by atoms with Gasteiger partial charge in [0.1, 0.15) is 11.3 Å². The van der Waals surface area contributed by atoms with E-state index in [-0.39, 0.29) is 11.4 Å². The third-order valence-corrected chi connectivity index (χ3v) is 2.73. The first kappa shape index (κ1) is 14.2. The Hall–Kier alpha value is -2.24. The second-order valence-electron chi connectivity index (χ2n) is 4.93. The molecule has 1 heterocycles. The smallest absolute Gasteiger partial charge is 0.350 e. The Kier molecular flexibility index (Phi) is 3.83. The lowest BCUT2D eigenvalue weighted by atomic mass is 10.2. The molecule has 1 aromatic carbocycles. The fraction of sp³-hybridized carbons (Fsp3) is 0.200. The summed E-state index contributed by atoms with van der Waals surface area (Å²) in [6.45, 7) is 1.97. The van der Waals surface area contributed by atoms with Gasteiger partial charge in [0, 0.05) is 6.20 Å². The summed E-state index contributed by atoms with van der Waals surface area (Å²) in [7, 11) is 2.54. The molecule has 0 spiro atoms. The summed E-state index contributed by atoms with van der Waals surface area (Å²) in [5.74, 6) is 0.114. The van der Waals surface area contributed by atoms with Crippen LogP contribution in [0.4, 0.5) is 0 Å². The highest BCUT2D eigenvalue weighted by Gasteiger charge is 2.24. The Balaban J connectivity index is 2.33. The number of pyridine rings is 1. The van der Waals surface area contributed by atoms with Crippen LogP contribution in [0, 0.1) is 12.1 Å². The lowest BCUT2D eigenvalue weighted by molar-refractivity contribution is -0.752. The molecule has 5 nitrogen and oxygen atoms in total. The summed E-state index contributed by atoms with van der Waals surface area (Å²) in [5, 5.41) is 11.8. The lowest BCUT2D eigenvalue weighted by Crippen LogP contribution is -2.39. The molecule has 0 unspecified atom stereocenters. The number of carbonyl (C=O) groups is 1. The number of amides is 1. The monoisotopic (exact) mass is 272 g/mol. The normalized spacial score (nSPS) is 11.2. The maximum atomic E-state index is 12.1. The molecule has 0 atom stereocenters. The van der Waals surface area contributed by atoms with E-state index in [0.29, 0.717) is 5.75 Å². The zero-order valence-corrected chi connectivity index (χ0v) is 11.7. The quantitative estimate of drug-likeness (QED) is 0.636. The Bertz CT molecular complexity index is 616. The summed E-state index contributed by atoms with van der Waals surface area (Å²) >= 11 is 0. The van der Waals surface area contributed by atoms with Gasteiger partial charge in [-0.15, -0.1) is 0 Å². The van der Waals surface area contributed by atoms with Crippen molar-refractivity contribution >= 4 is 5.91 Å². The molecule has 1 aromatic heterocycles. The first-order chi connectivity index (χ1) is 9.38. The number of rotatable bonds is 3. The molecule has 2 aromatic rings. The first-order valence-corrected chi connectivity index (χ1v) is 6.17. The molecule has 0 saturated heterocycles. The molecule has 0 aliphatic rings. The SMILES string of the molecule is Cc1ccc(Oc2ncccc2C(=O)[N+](C)(C)[O-])cc1. The van der Waals surface area contributed by atoms with Gasteiger partial charge in [0.15, 0.2) is 0 Å². The van der Waals surface area contributed by atoms with Crippen LogP contribution >= 0.6 is 0 Å². The number of benzene rings is 1. The van der Waals surface area contributed by atoms with Crippen molar-refractivity contribution in [3.8, 4) is 11.6 Å². The highest BCUT2D eigenvalue weighted by atomic mass is 16.6. The molecule has 0 aliphatic heterocycles. The summed E-state index contributed by atoms with van der Waals surface area (Å²) in [4.78, 5) is 16.1. The van der Waals surface area contributed by atoms with E-state index < -0.39 is 10.6 Å². The van der Waals surface area contributed by atoms with Crippen molar-refractivity contribution in [1.82, 2.24) is 4.98 Å². The topological polar surface area (TPSA) is 62.2 Å². The molecule has 0 N–H and O–H groups in total. The fourth-order valence-corrected chi connectivity index (χ4v) is 1.64. The van der Waals surface area contributed by atoms with E-state index >= 15 is 0 Å². The molecule has 20 heavy (non-hydrogen) atoms. The summed E-state index contributed by atoms with van der Waals surface area (Å²) in [5.41, 5.74) is 1.28. The Morgan fingerprint density at radius 2 is 1.85 bits per heavy atom. The molecule has 0 aliphatic carbocycles. The van der Waals surface area contributed by atoms with E-state index in [1.807, 2.05) is 19.1 Å². The van der Waals surface area contributed by atoms with Crippen molar-refractivity contribution in [2.75, 3.05) is 14.1 Å². The zero-order valence-electron chi connectivity index (χ0n) is 11.7. The molecule has 0 bridgehead atoms. The van der Waals surface area contributed by atoms with E-state index in [1.165, 1.54) is 26.4 Å². The highest BCUT2D eigenvalue weighted by Crippen LogP contribution is 2.24. The predicted molar refractivity (Wildman–Crippen MR) is 75.3 cm³/mol. The van der Waals surface area contributed by atoms with Crippen LogP contribution < -0.4 is 4.74 Å². The van der Waals surface area contributed by atoms with Gasteiger partial charge < -0.3 is 9.94 Å². The predicted octanol–water partition coefficient (Wildman–Crippen LogP) is 2.90. The molecule has 104 valence electrons. The minimum atomic E-state index is -1.06. The van der Waals surface area contributed by atoms with Crippen molar-refractivity contribution in [3.63, 3.8) is 0 Å². The molecular weight excluding hydrogens is 256 g/mol. The van der Waals surface area contributed by atoms with Gasteiger partial charge in [-0.05, 0) is 31.2 Å². The zero-order chi connectivity index (χ0) is 14.8. The molecule has 5 heteroatoms. The minimum Gasteiger partial charge on any atom is -0.625 e. The largest absolute Gasteiger partial charge is 0.625 e. The maximum absolute atomic E-state index is 12.1. The van der Waals surface area contributed by atoms with Crippen LogP contribution in [0.2, 0.25) is 0 Å². The number of ether oxygens (including phenoxy) is 1. The molecule has 0 fully saturated rings. The standard InChI is InChI=1S/C15H16N2O3/c1-11-6-8-12(9-7-11)20-14-13(5-4-10-16-14)15(18)17(2,3)19/h4-10H,1-3H3. The maximum Gasteiger partial charge on any atom is 0.350 e. The number of hydrogen-bond donors (Lipinski definition) is 0. The van der Waals surface area contributed by atoms with Crippen molar-refractivity contribution in [2.45, 2.75) is 6.92 Å². The molecular formula is C15H16N2O3. The second-order valence-corrected chi connectivity index (χ2v) is 4.93. The van der Waals surface area contributed by atoms with Crippen LogP contribution in [-0.2, 0) is 0 Å². The molecule has 1 amide bonds. The van der Waals surface area contributed by atoms with Crippen molar-refractivity contribution in [3.05, 3.63) is 58.9 Å². The van der Waals surface area contributed by atoms with E-state index in [1.54, 1.807) is 18.2 Å². The number of nitrogens with zero attached hydrogens (tertiary/aromatic N) is 2. The van der Waals surface area contributed by atoms with Gasteiger partial charge in [0.2, 0.25) is 5.88 Å². The summed E-state index contributed by atoms with van der Waals surface area (Å²) in [6.07, 6.45) is 1.52. The average Bonchev–Trinajstić information content (AvgIpc) is 2.40. The van der Waals surface area contributed by atoms with E-state index in [4.69, 9.17) is 4.74 Å². The number of quaternary nitrogens is 1. The van der Waals surface area contributed by atoms with Crippen molar-refractivity contribution in [1.29, 1.82) is 0 Å². The van der Waals surface area contributed by atoms with Gasteiger partial charge in [0.05, 0.1) is 14.1 Å². The highest BCUT2D eigenvalue weighted by molar-refractivity contribution is 5.91. The number of aryl methyl sites for hydroxylation is 1. The molecule has 0 radical (unpaired) electrons. The average molecular weight is 272 g/mol. The van der Waals surface area contributed by atoms with E-state index in [9.17, 15) is 10.0 Å². The van der Waals surface area contributed by atoms with Crippen LogP contribution in [0.25, 0.3) is 0 Å². The first-order valence-electron chi connectivity index (χ1n) is 6.17. The van der Waals surface area contributed by atoms with Gasteiger partial charge in [-0.2, -0.15) is 0 Å². The Labute approximate surface area is 117 Å². The Morgan fingerprint density at radius 3 is 2.45 bits per heavy atom. The van der Waals surface area contributed by atoms with Gasteiger partial charge in [0.25, 0.3) is 0 Å². The number of hydrogen-bond acceptors (Lipinski definition) is 4. The third kappa shape index (κ3) is 3.20. The van der Waals surface area contributed by atoms with Crippen LogP contribution in [-0.4, -0.2) is 29.6 Å². The number of hydroxylamine groups is 3. The van der Waals surface area contributed by atoms with Crippen LogP contribution in [0.15, 0.2) is 42.6 Å². The second kappa shape index (κ2) is 5.40. The van der Waals surface area contributed by atoms with Gasteiger partial charge in [-0.25, -0.2) is 9.78 Å². The van der Waals surface area contributed by atoms with Gasteiger partial charge in [-0.3, -0.25) is 4.65 Å². The van der Waals surface area contributed by atoms with Crippen molar-refractivity contribution in [2.24, 2.45) is 0 Å². The summed E-state index contributed by atoms with van der Waals surface area (Å²) in [6, 6.07) is 10.5. The fourth-order valence-electron chi connectivity index (χ4n) is 1.64. The van der Waals surface area contributed by atoms with E-state index in [0.717, 1.165) is 5.56 Å². The van der Waals surface area contributed by atoms with Gasteiger partial charge in [-0.1, -0.05) is 17.7 Å². The Morgan fingerprint density at radius 1 is 1.20 bits per heavy atom. The van der Waals surface area contributed by atoms with Crippen molar-refractivity contribution < 1.29 is 14.2 Å². The lowest BCUT2D eigenvalue weighted by Gasteiger charge is -2.30. The number of carbonyl (C=O) groups excluding carboxylic acids is 1. The van der Waals surface area contributed by atoms with E-state index in [2.05, 4.69) is 4.98 Å². The third-order valence-electron chi connectivity index (χ3n) is 2.73. The minimum absolute atomic E-state index is 0.142. The molecule has 0 saturated carbocycles. The molecule has 2 rings (SSSR count). The van der Waals surface area contributed by atoms with Crippen LogP contribution in [0.5, 0.6) is 11.6 Å². The van der Waals surface area contributed by atoms with Gasteiger partial charge >= 0.3 is 5.91 Å². The van der Waals surface area contributed by atoms with Crippen LogP contribution in [0.3, 0.4) is 0 Å². The summed E-state index contributed by atoms with van der Waals surface area (Å²) < 4.78 is 4.54.